The Balaban J connectivity index is 2.02. The Hall–Kier alpha value is -2.86. The molecule has 1 N–H and O–H groups in total. The van der Waals surface area contributed by atoms with E-state index in [1.54, 1.807) is 30.1 Å². The molecule has 0 bridgehead atoms. The van der Waals surface area contributed by atoms with E-state index in [1.165, 1.54) is 12.1 Å². The van der Waals surface area contributed by atoms with E-state index in [0.29, 0.717) is 0 Å². The van der Waals surface area contributed by atoms with Crippen molar-refractivity contribution in [3.05, 3.63) is 66.6 Å². The van der Waals surface area contributed by atoms with Gasteiger partial charge in [0.25, 0.3) is 0 Å². The van der Waals surface area contributed by atoms with Gasteiger partial charge in [-0.25, -0.2) is 13.9 Å². The van der Waals surface area contributed by atoms with Gasteiger partial charge >= 0.3 is 0 Å². The summed E-state index contributed by atoms with van der Waals surface area (Å²) in [6.07, 6.45) is 1.78. The highest BCUT2D eigenvalue weighted by atomic mass is 32.2. The lowest BCUT2D eigenvalue weighted by atomic mass is 10.0. The molecular formula is C21H19FN4S. The first-order valence-corrected chi connectivity index (χ1v) is 9.74. The predicted molar refractivity (Wildman–Crippen MR) is 110 cm³/mol. The van der Waals surface area contributed by atoms with Crippen LogP contribution in [0.4, 0.5) is 10.2 Å². The van der Waals surface area contributed by atoms with Gasteiger partial charge in [-0.1, -0.05) is 13.0 Å². The Labute approximate surface area is 161 Å². The van der Waals surface area contributed by atoms with Gasteiger partial charge in [0.2, 0.25) is 0 Å². The highest BCUT2D eigenvalue weighted by molar-refractivity contribution is 7.99. The van der Waals surface area contributed by atoms with Crippen LogP contribution < -0.4 is 5.32 Å². The van der Waals surface area contributed by atoms with Crippen LogP contribution in [0.15, 0.2) is 65.8 Å². The van der Waals surface area contributed by atoms with E-state index in [1.807, 2.05) is 29.8 Å². The number of hydrogen-bond acceptors (Lipinski definition) is 4. The molecule has 0 spiro atoms. The summed E-state index contributed by atoms with van der Waals surface area (Å²) in [4.78, 5) is 4.32. The van der Waals surface area contributed by atoms with E-state index in [2.05, 4.69) is 29.4 Å². The topological polar surface area (TPSA) is 42.2 Å². The molecule has 0 aliphatic rings. The van der Waals surface area contributed by atoms with Crippen LogP contribution >= 0.6 is 11.8 Å². The van der Waals surface area contributed by atoms with E-state index in [-0.39, 0.29) is 5.82 Å². The maximum Gasteiger partial charge on any atom is 0.126 e. The second kappa shape index (κ2) is 7.40. The van der Waals surface area contributed by atoms with E-state index in [9.17, 15) is 4.39 Å². The minimum atomic E-state index is -0.257. The highest BCUT2D eigenvalue weighted by Gasteiger charge is 2.18. The first-order valence-electron chi connectivity index (χ1n) is 8.76. The number of halogens is 1. The molecule has 4 rings (SSSR count). The van der Waals surface area contributed by atoms with Crippen LogP contribution in [0.1, 0.15) is 6.92 Å². The molecular weight excluding hydrogens is 359 g/mol. The van der Waals surface area contributed by atoms with Gasteiger partial charge < -0.3 is 5.32 Å². The average molecular weight is 378 g/mol. The third kappa shape index (κ3) is 3.28. The fourth-order valence-electron chi connectivity index (χ4n) is 3.12. The van der Waals surface area contributed by atoms with Crippen molar-refractivity contribution in [3.8, 4) is 22.4 Å². The molecule has 0 unspecified atom stereocenters. The van der Waals surface area contributed by atoms with Crippen molar-refractivity contribution >= 4 is 23.1 Å². The monoisotopic (exact) mass is 378 g/mol. The van der Waals surface area contributed by atoms with Crippen LogP contribution in [0, 0.1) is 5.82 Å². The second-order valence-electron chi connectivity index (χ2n) is 6.00. The third-order valence-corrected chi connectivity index (χ3v) is 5.23. The van der Waals surface area contributed by atoms with Crippen molar-refractivity contribution in [2.75, 3.05) is 18.1 Å². The minimum absolute atomic E-state index is 0.257. The van der Waals surface area contributed by atoms with Gasteiger partial charge in [0.15, 0.2) is 0 Å². The van der Waals surface area contributed by atoms with Gasteiger partial charge in [-0.05, 0) is 59.8 Å². The van der Waals surface area contributed by atoms with Gasteiger partial charge in [-0.2, -0.15) is 5.10 Å². The summed E-state index contributed by atoms with van der Waals surface area (Å²) in [5, 5.41) is 9.06. The molecule has 4 aromatic rings. The maximum absolute atomic E-state index is 13.4. The van der Waals surface area contributed by atoms with Gasteiger partial charge in [0.1, 0.15) is 17.3 Å². The Bertz CT molecular complexity index is 1090. The van der Waals surface area contributed by atoms with Gasteiger partial charge in [0, 0.05) is 24.4 Å². The molecule has 0 atom stereocenters. The number of hydrogen-bond donors (Lipinski definition) is 1. The SMILES string of the molecule is CCSc1cccc2c(-c3ccnc(NC)c3)c(-c3ccc(F)cc3)nn12. The lowest BCUT2D eigenvalue weighted by Gasteiger charge is -2.06. The zero-order valence-corrected chi connectivity index (χ0v) is 15.9. The Morgan fingerprint density at radius 1 is 1.07 bits per heavy atom. The van der Waals surface area contributed by atoms with E-state index < -0.39 is 0 Å². The quantitative estimate of drug-likeness (QED) is 0.475. The number of anilines is 1. The van der Waals surface area contributed by atoms with Crippen LogP contribution in [-0.2, 0) is 0 Å². The fraction of sp³-hybridized carbons (Fsp3) is 0.143. The smallest absolute Gasteiger partial charge is 0.126 e. The van der Waals surface area contributed by atoms with Crippen LogP contribution in [-0.4, -0.2) is 27.4 Å². The summed E-state index contributed by atoms with van der Waals surface area (Å²) in [5.74, 6) is 1.49. The number of aromatic nitrogens is 3. The van der Waals surface area contributed by atoms with Crippen LogP contribution in [0.2, 0.25) is 0 Å². The van der Waals surface area contributed by atoms with Crippen molar-refractivity contribution in [2.45, 2.75) is 11.9 Å². The maximum atomic E-state index is 13.4. The lowest BCUT2D eigenvalue weighted by molar-refractivity contribution is 0.628. The first-order chi connectivity index (χ1) is 13.2. The summed E-state index contributed by atoms with van der Waals surface area (Å²) in [5.41, 5.74) is 4.75. The molecule has 0 aliphatic carbocycles. The van der Waals surface area contributed by atoms with E-state index >= 15 is 0 Å². The van der Waals surface area contributed by atoms with Gasteiger partial charge in [-0.3, -0.25) is 0 Å². The molecule has 3 aromatic heterocycles. The van der Waals surface area contributed by atoms with Crippen molar-refractivity contribution in [3.63, 3.8) is 0 Å². The summed E-state index contributed by atoms with van der Waals surface area (Å²) < 4.78 is 15.4. The summed E-state index contributed by atoms with van der Waals surface area (Å²) in [7, 11) is 1.85. The molecule has 3 heterocycles. The Morgan fingerprint density at radius 2 is 1.89 bits per heavy atom. The molecule has 27 heavy (non-hydrogen) atoms. The zero-order chi connectivity index (χ0) is 18.8. The Kier molecular flexibility index (Phi) is 4.81. The number of nitrogens with one attached hydrogen (secondary N) is 1. The molecule has 1 aromatic carbocycles. The summed E-state index contributed by atoms with van der Waals surface area (Å²) in [6, 6.07) is 16.6. The number of fused-ring (bicyclic) bond motifs is 1. The van der Waals surface area contributed by atoms with E-state index in [4.69, 9.17) is 5.10 Å². The van der Waals surface area contributed by atoms with Crippen LogP contribution in [0.5, 0.6) is 0 Å². The normalized spacial score (nSPS) is 11.1. The third-order valence-electron chi connectivity index (χ3n) is 4.34. The zero-order valence-electron chi connectivity index (χ0n) is 15.1. The number of rotatable bonds is 5. The predicted octanol–water partition coefficient (Wildman–Crippen LogP) is 5.36. The molecule has 0 saturated heterocycles. The van der Waals surface area contributed by atoms with Crippen molar-refractivity contribution in [1.29, 1.82) is 0 Å². The van der Waals surface area contributed by atoms with Gasteiger partial charge in [0.05, 0.1) is 10.5 Å². The summed E-state index contributed by atoms with van der Waals surface area (Å²) >= 11 is 1.74. The summed E-state index contributed by atoms with van der Waals surface area (Å²) in [6.45, 7) is 2.12. The molecule has 0 aliphatic heterocycles. The van der Waals surface area contributed by atoms with Crippen molar-refractivity contribution in [1.82, 2.24) is 14.6 Å². The number of nitrogens with zero attached hydrogens (tertiary/aromatic N) is 3. The number of benzene rings is 1. The molecule has 0 fully saturated rings. The number of thioether (sulfide) groups is 1. The first kappa shape index (κ1) is 17.5. The van der Waals surface area contributed by atoms with Crippen molar-refractivity contribution < 1.29 is 4.39 Å². The molecule has 0 radical (unpaired) electrons. The van der Waals surface area contributed by atoms with Gasteiger partial charge in [-0.15, -0.1) is 11.8 Å². The Morgan fingerprint density at radius 3 is 2.63 bits per heavy atom. The van der Waals surface area contributed by atoms with Crippen LogP contribution in [0.25, 0.3) is 27.9 Å². The number of pyridine rings is 2. The van der Waals surface area contributed by atoms with Crippen molar-refractivity contribution in [2.24, 2.45) is 0 Å². The molecule has 136 valence electrons. The second-order valence-corrected chi connectivity index (χ2v) is 7.29. The molecule has 0 saturated carbocycles. The molecule has 4 nitrogen and oxygen atoms in total. The largest absolute Gasteiger partial charge is 0.373 e. The van der Waals surface area contributed by atoms with E-state index in [0.717, 1.165) is 44.5 Å². The standard InChI is InChI=1S/C21H19FN4S/c1-3-27-19-6-4-5-17-20(15-11-12-24-18(13-15)23-2)21(25-26(17)19)14-7-9-16(22)10-8-14/h4-13H,3H2,1-2H3,(H,23,24). The lowest BCUT2D eigenvalue weighted by Crippen LogP contribution is -1.92. The highest BCUT2D eigenvalue weighted by Crippen LogP contribution is 2.37. The van der Waals surface area contributed by atoms with Crippen LogP contribution in [0.3, 0.4) is 0 Å². The minimum Gasteiger partial charge on any atom is -0.373 e. The molecule has 0 amide bonds. The average Bonchev–Trinajstić information content (AvgIpc) is 3.09. The molecule has 6 heteroatoms. The fourth-order valence-corrected chi connectivity index (χ4v) is 3.85.